The van der Waals surface area contributed by atoms with Gasteiger partial charge in [-0.25, -0.2) is 4.39 Å². The third-order valence-electron chi connectivity index (χ3n) is 3.50. The molecule has 0 amide bonds. The molecular weight excluding hydrogens is 285 g/mol. The molecule has 2 rings (SSSR count). The Morgan fingerprint density at radius 2 is 2.06 bits per heavy atom. The highest BCUT2D eigenvalue weighted by molar-refractivity contribution is 9.10. The molecular formula is C13H13BrFNO. The summed E-state index contributed by atoms with van der Waals surface area (Å²) in [5, 5.41) is 19.5. The molecule has 0 aromatic heterocycles. The van der Waals surface area contributed by atoms with E-state index in [1.807, 2.05) is 0 Å². The number of hydrogen-bond donors (Lipinski definition) is 1. The second-order valence-electron chi connectivity index (χ2n) is 4.54. The van der Waals surface area contributed by atoms with E-state index in [-0.39, 0.29) is 5.56 Å². The van der Waals surface area contributed by atoms with Crippen LogP contribution >= 0.6 is 15.9 Å². The molecule has 1 fully saturated rings. The number of halogens is 2. The van der Waals surface area contributed by atoms with E-state index in [9.17, 15) is 14.8 Å². The standard InChI is InChI=1S/C13H13BrFNO/c14-9-3-4-10(11(15)7-9)12(17)13(8-16)5-1-2-6-13/h3-4,7,12,17H,1-2,5-6H2. The van der Waals surface area contributed by atoms with E-state index in [2.05, 4.69) is 22.0 Å². The van der Waals surface area contributed by atoms with Crippen molar-refractivity contribution in [2.24, 2.45) is 5.41 Å². The number of benzene rings is 1. The topological polar surface area (TPSA) is 44.0 Å². The summed E-state index contributed by atoms with van der Waals surface area (Å²) in [7, 11) is 0. The van der Waals surface area contributed by atoms with Crippen LogP contribution in [0.5, 0.6) is 0 Å². The molecule has 0 radical (unpaired) electrons. The number of aliphatic hydroxyl groups is 1. The maximum absolute atomic E-state index is 13.8. The van der Waals surface area contributed by atoms with Gasteiger partial charge < -0.3 is 5.11 Å². The summed E-state index contributed by atoms with van der Waals surface area (Å²) in [5.41, 5.74) is -0.592. The fourth-order valence-corrected chi connectivity index (χ4v) is 2.81. The lowest BCUT2D eigenvalue weighted by Gasteiger charge is -2.27. The lowest BCUT2D eigenvalue weighted by Crippen LogP contribution is -2.24. The minimum atomic E-state index is -1.04. The monoisotopic (exact) mass is 297 g/mol. The number of rotatable bonds is 2. The lowest BCUT2D eigenvalue weighted by atomic mass is 9.78. The van der Waals surface area contributed by atoms with Crippen molar-refractivity contribution in [3.63, 3.8) is 0 Å². The third-order valence-corrected chi connectivity index (χ3v) is 3.99. The molecule has 90 valence electrons. The summed E-state index contributed by atoms with van der Waals surface area (Å²) in [6.45, 7) is 0. The van der Waals surface area contributed by atoms with Gasteiger partial charge in [-0.05, 0) is 25.0 Å². The van der Waals surface area contributed by atoms with E-state index in [1.54, 1.807) is 12.1 Å². The van der Waals surface area contributed by atoms with Crippen molar-refractivity contribution in [3.05, 3.63) is 34.1 Å². The average Bonchev–Trinajstić information content (AvgIpc) is 2.78. The van der Waals surface area contributed by atoms with Crippen LogP contribution in [-0.4, -0.2) is 5.11 Å². The smallest absolute Gasteiger partial charge is 0.130 e. The van der Waals surface area contributed by atoms with Gasteiger partial charge in [0, 0.05) is 10.0 Å². The molecule has 0 bridgehead atoms. The van der Waals surface area contributed by atoms with Gasteiger partial charge in [-0.2, -0.15) is 5.26 Å². The van der Waals surface area contributed by atoms with Gasteiger partial charge in [-0.3, -0.25) is 0 Å². The van der Waals surface area contributed by atoms with Crippen LogP contribution < -0.4 is 0 Å². The second kappa shape index (κ2) is 4.75. The van der Waals surface area contributed by atoms with Crippen molar-refractivity contribution >= 4 is 15.9 Å². The average molecular weight is 298 g/mol. The Kier molecular flexibility index (Phi) is 3.50. The molecule has 4 heteroatoms. The lowest BCUT2D eigenvalue weighted by molar-refractivity contribution is 0.0639. The summed E-state index contributed by atoms with van der Waals surface area (Å²) in [6, 6.07) is 6.73. The summed E-state index contributed by atoms with van der Waals surface area (Å²) in [5.74, 6) is -0.464. The van der Waals surface area contributed by atoms with Gasteiger partial charge in [0.1, 0.15) is 11.9 Å². The largest absolute Gasteiger partial charge is 0.387 e. The minimum absolute atomic E-state index is 0.219. The Labute approximate surface area is 108 Å². The molecule has 0 aliphatic heterocycles. The zero-order valence-electron chi connectivity index (χ0n) is 9.29. The van der Waals surface area contributed by atoms with Crippen LogP contribution in [0.4, 0.5) is 4.39 Å². The SMILES string of the molecule is N#CC1(C(O)c2ccc(Br)cc2F)CCCC1. The molecule has 1 aromatic rings. The van der Waals surface area contributed by atoms with Crippen LogP contribution in [0.15, 0.2) is 22.7 Å². The normalized spacial score (nSPS) is 19.9. The first kappa shape index (κ1) is 12.5. The quantitative estimate of drug-likeness (QED) is 0.904. The third kappa shape index (κ3) is 2.22. The highest BCUT2D eigenvalue weighted by Gasteiger charge is 2.42. The van der Waals surface area contributed by atoms with E-state index in [1.165, 1.54) is 6.07 Å². The molecule has 1 saturated carbocycles. The van der Waals surface area contributed by atoms with E-state index >= 15 is 0 Å². The van der Waals surface area contributed by atoms with Crippen molar-refractivity contribution in [2.45, 2.75) is 31.8 Å². The Hall–Kier alpha value is -0.920. The summed E-state index contributed by atoms with van der Waals surface area (Å²) < 4.78 is 14.4. The van der Waals surface area contributed by atoms with Gasteiger partial charge in [0.05, 0.1) is 11.5 Å². The molecule has 1 unspecified atom stereocenters. The number of aliphatic hydroxyl groups excluding tert-OH is 1. The summed E-state index contributed by atoms with van der Waals surface area (Å²) >= 11 is 3.17. The number of nitrogens with zero attached hydrogens (tertiary/aromatic N) is 1. The maximum Gasteiger partial charge on any atom is 0.130 e. The molecule has 17 heavy (non-hydrogen) atoms. The zero-order chi connectivity index (χ0) is 12.5. The molecule has 1 atom stereocenters. The number of nitriles is 1. The Morgan fingerprint density at radius 3 is 2.59 bits per heavy atom. The molecule has 2 nitrogen and oxygen atoms in total. The predicted molar refractivity (Wildman–Crippen MR) is 65.6 cm³/mol. The van der Waals surface area contributed by atoms with Gasteiger partial charge in [-0.1, -0.05) is 34.8 Å². The molecule has 0 heterocycles. The van der Waals surface area contributed by atoms with E-state index < -0.39 is 17.3 Å². The first-order chi connectivity index (χ1) is 8.09. The Morgan fingerprint density at radius 1 is 1.41 bits per heavy atom. The van der Waals surface area contributed by atoms with Crippen molar-refractivity contribution < 1.29 is 9.50 Å². The highest BCUT2D eigenvalue weighted by atomic mass is 79.9. The van der Waals surface area contributed by atoms with Crippen LogP contribution in [0.2, 0.25) is 0 Å². The van der Waals surface area contributed by atoms with E-state index in [0.29, 0.717) is 17.3 Å². The van der Waals surface area contributed by atoms with Gasteiger partial charge in [0.2, 0.25) is 0 Å². The molecule has 1 aliphatic carbocycles. The fraction of sp³-hybridized carbons (Fsp3) is 0.462. The number of hydrogen-bond acceptors (Lipinski definition) is 2. The van der Waals surface area contributed by atoms with Crippen molar-refractivity contribution in [2.75, 3.05) is 0 Å². The Balaban J connectivity index is 2.36. The van der Waals surface area contributed by atoms with E-state index in [0.717, 1.165) is 12.8 Å². The van der Waals surface area contributed by atoms with Crippen LogP contribution in [0, 0.1) is 22.6 Å². The predicted octanol–water partition coefficient (Wildman–Crippen LogP) is 3.71. The Bertz CT molecular complexity index is 463. The van der Waals surface area contributed by atoms with Crippen molar-refractivity contribution in [1.29, 1.82) is 5.26 Å². The summed E-state index contributed by atoms with van der Waals surface area (Å²) in [4.78, 5) is 0. The maximum atomic E-state index is 13.8. The van der Waals surface area contributed by atoms with Crippen LogP contribution in [0.3, 0.4) is 0 Å². The van der Waals surface area contributed by atoms with Crippen LogP contribution in [0.25, 0.3) is 0 Å². The fourth-order valence-electron chi connectivity index (χ4n) is 2.47. The molecule has 1 N–H and O–H groups in total. The van der Waals surface area contributed by atoms with Crippen molar-refractivity contribution in [3.8, 4) is 6.07 Å². The first-order valence-electron chi connectivity index (χ1n) is 5.63. The molecule has 0 spiro atoms. The van der Waals surface area contributed by atoms with E-state index in [4.69, 9.17) is 0 Å². The van der Waals surface area contributed by atoms with Gasteiger partial charge in [0.25, 0.3) is 0 Å². The molecule has 1 aromatic carbocycles. The van der Waals surface area contributed by atoms with Gasteiger partial charge >= 0.3 is 0 Å². The van der Waals surface area contributed by atoms with Crippen LogP contribution in [0.1, 0.15) is 37.4 Å². The summed E-state index contributed by atoms with van der Waals surface area (Å²) in [6.07, 6.45) is 2.08. The molecule has 0 saturated heterocycles. The first-order valence-corrected chi connectivity index (χ1v) is 6.43. The highest BCUT2D eigenvalue weighted by Crippen LogP contribution is 2.47. The molecule has 1 aliphatic rings. The van der Waals surface area contributed by atoms with Gasteiger partial charge in [0.15, 0.2) is 0 Å². The second-order valence-corrected chi connectivity index (χ2v) is 5.46. The van der Waals surface area contributed by atoms with Crippen LogP contribution in [-0.2, 0) is 0 Å². The van der Waals surface area contributed by atoms with Crippen molar-refractivity contribution in [1.82, 2.24) is 0 Å². The van der Waals surface area contributed by atoms with Gasteiger partial charge in [-0.15, -0.1) is 0 Å². The minimum Gasteiger partial charge on any atom is -0.387 e. The zero-order valence-corrected chi connectivity index (χ0v) is 10.9.